The summed E-state index contributed by atoms with van der Waals surface area (Å²) < 4.78 is 12.2. The Morgan fingerprint density at radius 2 is 2.00 bits per heavy atom. The number of carbonyl (C=O) groups is 1. The van der Waals surface area contributed by atoms with Gasteiger partial charge in [0.2, 0.25) is 5.91 Å². The normalized spacial score (nSPS) is 25.4. The highest BCUT2D eigenvalue weighted by molar-refractivity contribution is 8.16. The molecule has 2 N–H and O–H groups in total. The zero-order valence-corrected chi connectivity index (χ0v) is 14.0. The summed E-state index contributed by atoms with van der Waals surface area (Å²) in [5.74, 6) is -0.436. The van der Waals surface area contributed by atoms with Crippen LogP contribution in [-0.2, 0) is 4.79 Å². The van der Waals surface area contributed by atoms with Crippen LogP contribution in [0.5, 0.6) is 0 Å². The van der Waals surface area contributed by atoms with Crippen molar-refractivity contribution in [1.29, 1.82) is 0 Å². The van der Waals surface area contributed by atoms with Crippen LogP contribution in [0.4, 0.5) is 4.39 Å². The van der Waals surface area contributed by atoms with Gasteiger partial charge >= 0.3 is 0 Å². The number of amidine groups is 1. The second-order valence-corrected chi connectivity index (χ2v) is 7.93. The average Bonchev–Trinajstić information content (AvgIpc) is 2.62. The van der Waals surface area contributed by atoms with Crippen molar-refractivity contribution < 1.29 is 14.3 Å². The van der Waals surface area contributed by atoms with E-state index in [2.05, 4.69) is 10.3 Å². The predicted octanol–water partition coefficient (Wildman–Crippen LogP) is 3.03. The molecule has 1 saturated heterocycles. The van der Waals surface area contributed by atoms with E-state index in [4.69, 9.17) is 0 Å². The van der Waals surface area contributed by atoms with Crippen LogP contribution >= 0.6 is 11.8 Å². The van der Waals surface area contributed by atoms with Crippen LogP contribution in [0.15, 0.2) is 29.3 Å². The predicted molar refractivity (Wildman–Crippen MR) is 87.3 cm³/mol. The van der Waals surface area contributed by atoms with Crippen LogP contribution in [0.1, 0.15) is 45.7 Å². The van der Waals surface area contributed by atoms with E-state index in [0.717, 1.165) is 5.56 Å². The van der Waals surface area contributed by atoms with E-state index < -0.39 is 10.3 Å². The summed E-state index contributed by atoms with van der Waals surface area (Å²) in [5.41, 5.74) is -0.0586. The second-order valence-electron chi connectivity index (χ2n) is 6.44. The first-order valence-corrected chi connectivity index (χ1v) is 7.97. The summed E-state index contributed by atoms with van der Waals surface area (Å²) in [5, 5.41) is 13.3. The zero-order chi connectivity index (χ0) is 16.5. The number of rotatable bonds is 4. The molecule has 0 saturated carbocycles. The molecule has 2 rings (SSSR count). The van der Waals surface area contributed by atoms with Crippen molar-refractivity contribution in [2.45, 2.75) is 50.5 Å². The van der Waals surface area contributed by atoms with Crippen molar-refractivity contribution in [3.05, 3.63) is 35.6 Å². The van der Waals surface area contributed by atoms with Gasteiger partial charge in [-0.05, 0) is 51.8 Å². The maximum absolute atomic E-state index is 12.9. The Kier molecular flexibility index (Phi) is 4.63. The van der Waals surface area contributed by atoms with Crippen LogP contribution in [0.25, 0.3) is 0 Å². The van der Waals surface area contributed by atoms with Gasteiger partial charge in [-0.3, -0.25) is 9.79 Å². The fraction of sp³-hybridized carbons (Fsp3) is 0.500. The highest BCUT2D eigenvalue weighted by Gasteiger charge is 2.45. The molecule has 1 fully saturated rings. The summed E-state index contributed by atoms with van der Waals surface area (Å²) in [6.07, 6.45) is 0.334. The van der Waals surface area contributed by atoms with Crippen molar-refractivity contribution in [2.24, 2.45) is 4.99 Å². The standard InChI is InChI=1S/C16H21FN2O2S/c1-10(11-5-7-12(17)8-6-11)18-14-19-13(20)16(4,22-14)9-15(2,3)21/h5-8,10,21H,9H2,1-4H3,(H,18,19,20)/t10-,16?/m0/s1. The Labute approximate surface area is 134 Å². The van der Waals surface area contributed by atoms with Gasteiger partial charge in [0.25, 0.3) is 0 Å². The van der Waals surface area contributed by atoms with E-state index in [1.807, 2.05) is 6.92 Å². The van der Waals surface area contributed by atoms with Gasteiger partial charge in [-0.1, -0.05) is 23.9 Å². The Morgan fingerprint density at radius 3 is 2.55 bits per heavy atom. The highest BCUT2D eigenvalue weighted by Crippen LogP contribution is 2.39. The third-order valence-corrected chi connectivity index (χ3v) is 4.64. The number of aliphatic hydroxyl groups is 1. The Balaban J connectivity index is 2.14. The van der Waals surface area contributed by atoms with Crippen LogP contribution < -0.4 is 5.32 Å². The third kappa shape index (κ3) is 4.08. The number of aliphatic imine (C=N–C) groups is 1. The van der Waals surface area contributed by atoms with Crippen LogP contribution in [0, 0.1) is 5.82 Å². The van der Waals surface area contributed by atoms with Crippen LogP contribution in [0.2, 0.25) is 0 Å². The van der Waals surface area contributed by atoms with Gasteiger partial charge in [0.1, 0.15) is 10.6 Å². The minimum absolute atomic E-state index is 0.148. The Morgan fingerprint density at radius 1 is 1.41 bits per heavy atom. The summed E-state index contributed by atoms with van der Waals surface area (Å²) in [6.45, 7) is 7.05. The fourth-order valence-corrected chi connectivity index (χ4v) is 3.86. The SMILES string of the molecule is C[C@H](N=C1NC(=O)C(C)(CC(C)(C)O)S1)c1ccc(F)cc1. The average molecular weight is 324 g/mol. The van der Waals surface area contributed by atoms with E-state index in [-0.39, 0.29) is 17.8 Å². The molecule has 1 aliphatic heterocycles. The van der Waals surface area contributed by atoms with Gasteiger partial charge < -0.3 is 10.4 Å². The van der Waals surface area contributed by atoms with Crippen LogP contribution in [0.3, 0.4) is 0 Å². The fourth-order valence-electron chi connectivity index (χ4n) is 2.51. The van der Waals surface area contributed by atoms with E-state index in [1.54, 1.807) is 32.9 Å². The summed E-state index contributed by atoms with van der Waals surface area (Å²) in [6, 6.07) is 5.96. The summed E-state index contributed by atoms with van der Waals surface area (Å²) in [4.78, 5) is 16.7. The number of nitrogens with zero attached hydrogens (tertiary/aromatic N) is 1. The highest BCUT2D eigenvalue weighted by atomic mass is 32.2. The molecule has 0 aliphatic carbocycles. The van der Waals surface area contributed by atoms with Crippen LogP contribution in [-0.4, -0.2) is 26.5 Å². The van der Waals surface area contributed by atoms with Crippen molar-refractivity contribution in [3.63, 3.8) is 0 Å². The van der Waals surface area contributed by atoms with Gasteiger partial charge in [0.05, 0.1) is 11.6 Å². The topological polar surface area (TPSA) is 61.7 Å². The Hall–Kier alpha value is -1.40. The van der Waals surface area contributed by atoms with E-state index >= 15 is 0 Å². The molecule has 0 radical (unpaired) electrons. The van der Waals surface area contributed by atoms with Crippen molar-refractivity contribution in [3.8, 4) is 0 Å². The van der Waals surface area contributed by atoms with Gasteiger partial charge in [-0.15, -0.1) is 0 Å². The van der Waals surface area contributed by atoms with Crippen molar-refractivity contribution >= 4 is 22.8 Å². The molecule has 1 aliphatic rings. The molecule has 1 amide bonds. The number of amides is 1. The largest absolute Gasteiger partial charge is 0.390 e. The lowest BCUT2D eigenvalue weighted by atomic mass is 9.93. The maximum Gasteiger partial charge on any atom is 0.242 e. The minimum atomic E-state index is -0.933. The number of hydrogen-bond donors (Lipinski definition) is 2. The molecule has 6 heteroatoms. The second kappa shape index (κ2) is 6.01. The number of halogens is 1. The summed E-state index contributed by atoms with van der Waals surface area (Å²) in [7, 11) is 0. The van der Waals surface area contributed by atoms with Gasteiger partial charge in [0, 0.05) is 0 Å². The van der Waals surface area contributed by atoms with Gasteiger partial charge in [-0.2, -0.15) is 0 Å². The molecule has 1 unspecified atom stereocenters. The molecule has 0 aromatic heterocycles. The first-order chi connectivity index (χ1) is 10.1. The molecule has 120 valence electrons. The first-order valence-electron chi connectivity index (χ1n) is 7.15. The molecular weight excluding hydrogens is 303 g/mol. The summed E-state index contributed by atoms with van der Waals surface area (Å²) >= 11 is 1.33. The molecule has 22 heavy (non-hydrogen) atoms. The monoisotopic (exact) mass is 324 g/mol. The lowest BCUT2D eigenvalue weighted by molar-refractivity contribution is -0.122. The lowest BCUT2D eigenvalue weighted by Crippen LogP contribution is -2.40. The molecular formula is C16H21FN2O2S. The van der Waals surface area contributed by atoms with Crippen molar-refractivity contribution in [1.82, 2.24) is 5.32 Å². The minimum Gasteiger partial charge on any atom is -0.390 e. The molecule has 1 heterocycles. The van der Waals surface area contributed by atoms with Gasteiger partial charge in [0.15, 0.2) is 5.17 Å². The molecule has 1 aromatic rings. The number of benzene rings is 1. The Bertz CT molecular complexity index is 595. The van der Waals surface area contributed by atoms with Crippen molar-refractivity contribution in [2.75, 3.05) is 0 Å². The molecule has 1 aromatic carbocycles. The molecule has 0 bridgehead atoms. The third-order valence-electron chi connectivity index (χ3n) is 3.46. The van der Waals surface area contributed by atoms with E-state index in [0.29, 0.717) is 11.6 Å². The molecule has 0 spiro atoms. The quantitative estimate of drug-likeness (QED) is 0.895. The zero-order valence-electron chi connectivity index (χ0n) is 13.2. The number of hydrogen-bond acceptors (Lipinski definition) is 4. The van der Waals surface area contributed by atoms with Gasteiger partial charge in [-0.25, -0.2) is 4.39 Å². The smallest absolute Gasteiger partial charge is 0.242 e. The molecule has 2 atom stereocenters. The number of thioether (sulfide) groups is 1. The molecule has 4 nitrogen and oxygen atoms in total. The first kappa shape index (κ1) is 17.0. The number of carbonyl (C=O) groups excluding carboxylic acids is 1. The number of nitrogens with one attached hydrogen (secondary N) is 1. The lowest BCUT2D eigenvalue weighted by Gasteiger charge is -2.27. The van der Waals surface area contributed by atoms with E-state index in [9.17, 15) is 14.3 Å². The maximum atomic E-state index is 12.9. The van der Waals surface area contributed by atoms with E-state index in [1.165, 1.54) is 23.9 Å².